The Morgan fingerprint density at radius 1 is 1.21 bits per heavy atom. The van der Waals surface area contributed by atoms with E-state index in [4.69, 9.17) is 4.99 Å². The molecule has 0 amide bonds. The first kappa shape index (κ1) is 23.3. The van der Waals surface area contributed by atoms with Crippen molar-refractivity contribution in [1.29, 1.82) is 0 Å². The average Bonchev–Trinajstić information content (AvgIpc) is 3.26. The molecule has 1 aromatic carbocycles. The molecule has 1 unspecified atom stereocenters. The zero-order valence-electron chi connectivity index (χ0n) is 17.2. The maximum Gasteiger partial charge on any atom is 0.192 e. The third-order valence-corrected chi connectivity index (χ3v) is 5.49. The minimum Gasteiger partial charge on any atom is -0.356 e. The molecule has 2 aromatic heterocycles. The molecule has 0 radical (unpaired) electrons. The summed E-state index contributed by atoms with van der Waals surface area (Å²) in [5.74, 6) is 2.47. The van der Waals surface area contributed by atoms with Crippen LogP contribution in [0.4, 0.5) is 0 Å². The van der Waals surface area contributed by atoms with Crippen LogP contribution in [-0.2, 0) is 20.0 Å². The number of rotatable bonds is 7. The van der Waals surface area contributed by atoms with Crippen molar-refractivity contribution in [3.05, 3.63) is 63.6 Å². The summed E-state index contributed by atoms with van der Waals surface area (Å²) in [4.78, 5) is 10.4. The molecule has 7 nitrogen and oxygen atoms in total. The van der Waals surface area contributed by atoms with Gasteiger partial charge in [-0.2, -0.15) is 0 Å². The lowest BCUT2D eigenvalue weighted by Gasteiger charge is -2.18. The van der Waals surface area contributed by atoms with Crippen molar-refractivity contribution in [3.8, 4) is 0 Å². The van der Waals surface area contributed by atoms with Crippen LogP contribution in [0.15, 0.2) is 41.5 Å². The fraction of sp³-hybridized carbons (Fsp3) is 0.400. The van der Waals surface area contributed by atoms with Crippen LogP contribution in [0.1, 0.15) is 40.1 Å². The van der Waals surface area contributed by atoms with Crippen molar-refractivity contribution >= 4 is 41.3 Å². The van der Waals surface area contributed by atoms with Gasteiger partial charge in [0.15, 0.2) is 11.8 Å². The fourth-order valence-electron chi connectivity index (χ4n) is 2.73. The van der Waals surface area contributed by atoms with Crippen molar-refractivity contribution in [2.24, 2.45) is 12.0 Å². The number of nitrogens with zero attached hydrogens (tertiary/aromatic N) is 5. The quantitative estimate of drug-likeness (QED) is 0.280. The van der Waals surface area contributed by atoms with E-state index < -0.39 is 0 Å². The zero-order valence-corrected chi connectivity index (χ0v) is 20.4. The fourth-order valence-corrected chi connectivity index (χ4v) is 3.51. The summed E-state index contributed by atoms with van der Waals surface area (Å²) in [7, 11) is 1.96. The summed E-state index contributed by atoms with van der Waals surface area (Å²) in [6.07, 6.45) is 2.78. The number of aliphatic imine (C=N–C) groups is 1. The largest absolute Gasteiger partial charge is 0.356 e. The molecule has 29 heavy (non-hydrogen) atoms. The maximum absolute atomic E-state index is 4.72. The third-order valence-electron chi connectivity index (χ3n) is 4.51. The van der Waals surface area contributed by atoms with Crippen LogP contribution in [0, 0.1) is 13.8 Å². The van der Waals surface area contributed by atoms with E-state index in [1.165, 1.54) is 10.4 Å². The molecule has 3 aromatic rings. The Morgan fingerprint density at radius 2 is 1.97 bits per heavy atom. The predicted molar refractivity (Wildman–Crippen MR) is 129 cm³/mol. The summed E-state index contributed by atoms with van der Waals surface area (Å²) in [6, 6.07) is 10.5. The smallest absolute Gasteiger partial charge is 0.192 e. The molecule has 156 valence electrons. The van der Waals surface area contributed by atoms with Gasteiger partial charge < -0.3 is 15.2 Å². The summed E-state index contributed by atoms with van der Waals surface area (Å²) in [5, 5.41) is 16.3. The van der Waals surface area contributed by atoms with E-state index in [-0.39, 0.29) is 30.0 Å². The Morgan fingerprint density at radius 3 is 2.59 bits per heavy atom. The monoisotopic (exact) mass is 525 g/mol. The van der Waals surface area contributed by atoms with Gasteiger partial charge in [-0.3, -0.25) is 0 Å². The topological polar surface area (TPSA) is 80.0 Å². The molecule has 9 heteroatoms. The number of hydrogen-bond donors (Lipinski definition) is 2. The van der Waals surface area contributed by atoms with Crippen molar-refractivity contribution in [1.82, 2.24) is 30.4 Å². The van der Waals surface area contributed by atoms with Gasteiger partial charge in [-0.25, -0.2) is 9.98 Å². The van der Waals surface area contributed by atoms with E-state index in [0.717, 1.165) is 35.6 Å². The van der Waals surface area contributed by atoms with Crippen molar-refractivity contribution in [2.75, 3.05) is 6.54 Å². The highest BCUT2D eigenvalue weighted by atomic mass is 127. The second-order valence-corrected chi connectivity index (χ2v) is 8.02. The van der Waals surface area contributed by atoms with Gasteiger partial charge in [0.2, 0.25) is 0 Å². The van der Waals surface area contributed by atoms with Gasteiger partial charge in [0.05, 0.1) is 11.0 Å². The Kier molecular flexibility index (Phi) is 9.02. The van der Waals surface area contributed by atoms with Crippen LogP contribution in [0.5, 0.6) is 0 Å². The maximum atomic E-state index is 4.72. The third kappa shape index (κ3) is 6.77. The highest BCUT2D eigenvalue weighted by molar-refractivity contribution is 14.0. The Balaban J connectivity index is 0.00000300. The summed E-state index contributed by atoms with van der Waals surface area (Å²) >= 11 is 1.73. The van der Waals surface area contributed by atoms with Gasteiger partial charge in [-0.1, -0.05) is 30.3 Å². The number of guanidine groups is 1. The van der Waals surface area contributed by atoms with Crippen LogP contribution in [0.25, 0.3) is 0 Å². The molecule has 0 saturated carbocycles. The van der Waals surface area contributed by atoms with Gasteiger partial charge in [-0.15, -0.1) is 45.5 Å². The number of nitrogens with one attached hydrogen (secondary N) is 2. The number of aromatic nitrogens is 4. The number of hydrogen-bond acceptors (Lipinski definition) is 5. The van der Waals surface area contributed by atoms with Gasteiger partial charge in [-0.05, 0) is 26.3 Å². The molecule has 3 rings (SSSR count). The highest BCUT2D eigenvalue weighted by Crippen LogP contribution is 2.12. The normalized spacial score (nSPS) is 12.3. The van der Waals surface area contributed by atoms with E-state index in [1.807, 2.05) is 42.9 Å². The van der Waals surface area contributed by atoms with E-state index >= 15 is 0 Å². The lowest BCUT2D eigenvalue weighted by Crippen LogP contribution is -2.39. The molecule has 2 N–H and O–H groups in total. The zero-order chi connectivity index (χ0) is 19.9. The van der Waals surface area contributed by atoms with Crippen molar-refractivity contribution in [2.45, 2.75) is 39.8 Å². The molecule has 0 aliphatic rings. The average molecular weight is 525 g/mol. The number of aryl methyl sites for hydroxylation is 2. The van der Waals surface area contributed by atoms with E-state index in [2.05, 4.69) is 51.8 Å². The van der Waals surface area contributed by atoms with Crippen LogP contribution in [0.2, 0.25) is 0 Å². The molecule has 0 saturated heterocycles. The highest BCUT2D eigenvalue weighted by Gasteiger charge is 2.10. The lowest BCUT2D eigenvalue weighted by molar-refractivity contribution is 0.675. The van der Waals surface area contributed by atoms with Crippen LogP contribution in [0.3, 0.4) is 0 Å². The Labute approximate surface area is 193 Å². The Hall–Kier alpha value is -2.01. The van der Waals surface area contributed by atoms with Crippen molar-refractivity contribution in [3.63, 3.8) is 0 Å². The summed E-state index contributed by atoms with van der Waals surface area (Å²) in [6.45, 7) is 7.37. The molecular formula is C20H28IN7S. The van der Waals surface area contributed by atoms with Crippen molar-refractivity contribution < 1.29 is 0 Å². The lowest BCUT2D eigenvalue weighted by atomic mass is 10.1. The number of benzene rings is 1. The second-order valence-electron chi connectivity index (χ2n) is 6.71. The SMILES string of the molecule is Cc1cnc(CCNC(=NCc2nnc(C)n2C)NC(C)c2ccccc2)s1.I. The number of halogens is 1. The minimum atomic E-state index is 0. The van der Waals surface area contributed by atoms with Gasteiger partial charge in [0.1, 0.15) is 12.4 Å². The first-order chi connectivity index (χ1) is 13.5. The Bertz CT molecular complexity index is 920. The van der Waals surface area contributed by atoms with E-state index in [0.29, 0.717) is 6.54 Å². The molecule has 0 aliphatic heterocycles. The first-order valence-corrected chi connectivity index (χ1v) is 10.2. The second kappa shape index (κ2) is 11.2. The first-order valence-electron chi connectivity index (χ1n) is 9.39. The van der Waals surface area contributed by atoms with Crippen LogP contribution < -0.4 is 10.6 Å². The summed E-state index contributed by atoms with van der Waals surface area (Å²) < 4.78 is 1.96. The van der Waals surface area contributed by atoms with Gasteiger partial charge in [0.25, 0.3) is 0 Å². The van der Waals surface area contributed by atoms with Gasteiger partial charge >= 0.3 is 0 Å². The standard InChI is InChI=1S/C20H27N7S.HI/c1-14-12-22-19(28-14)10-11-21-20(23-13-18-26-25-16(3)27(18)4)24-15(2)17-8-6-5-7-9-17;/h5-9,12,15H,10-11,13H2,1-4H3,(H2,21,23,24);1H. The molecular weight excluding hydrogens is 497 g/mol. The molecule has 0 bridgehead atoms. The van der Waals surface area contributed by atoms with Crippen LogP contribution >= 0.6 is 35.3 Å². The van der Waals surface area contributed by atoms with Gasteiger partial charge in [0, 0.05) is 31.1 Å². The van der Waals surface area contributed by atoms with E-state index in [1.54, 1.807) is 11.3 Å². The molecule has 1 atom stereocenters. The minimum absolute atomic E-state index is 0. The molecule has 0 spiro atoms. The molecule has 0 fully saturated rings. The predicted octanol–water partition coefficient (Wildman–Crippen LogP) is 3.55. The molecule has 0 aliphatic carbocycles. The summed E-state index contributed by atoms with van der Waals surface area (Å²) in [5.41, 5.74) is 1.21. The van der Waals surface area contributed by atoms with Crippen LogP contribution in [-0.4, -0.2) is 32.3 Å². The van der Waals surface area contributed by atoms with E-state index in [9.17, 15) is 0 Å². The molecule has 2 heterocycles. The number of thiazole rings is 1.